The van der Waals surface area contributed by atoms with Crippen LogP contribution in [0.4, 0.5) is 4.79 Å². The van der Waals surface area contributed by atoms with Crippen molar-refractivity contribution in [1.29, 1.82) is 0 Å². The van der Waals surface area contributed by atoms with Crippen molar-refractivity contribution in [2.75, 3.05) is 13.1 Å². The van der Waals surface area contributed by atoms with Gasteiger partial charge in [0.1, 0.15) is 5.60 Å². The van der Waals surface area contributed by atoms with Gasteiger partial charge in [-0.1, -0.05) is 29.8 Å². The largest absolute Gasteiger partial charge is 0.444 e. The number of hydrogen-bond donors (Lipinski definition) is 1. The maximum atomic E-state index is 12.1. The van der Waals surface area contributed by atoms with Crippen molar-refractivity contribution in [3.05, 3.63) is 35.4 Å². The summed E-state index contributed by atoms with van der Waals surface area (Å²) in [5.74, 6) is 0. The second-order valence-corrected chi connectivity index (χ2v) is 7.54. The van der Waals surface area contributed by atoms with Gasteiger partial charge in [-0.2, -0.15) is 0 Å². The molecule has 1 N–H and O–H groups in total. The maximum absolute atomic E-state index is 12.1. The Balaban J connectivity index is 1.81. The molecular formula is C19H30N2O2. The van der Waals surface area contributed by atoms with Gasteiger partial charge in [0.05, 0.1) is 0 Å². The van der Waals surface area contributed by atoms with Crippen molar-refractivity contribution < 1.29 is 9.53 Å². The first-order valence-corrected chi connectivity index (χ1v) is 8.55. The number of ether oxygens (including phenoxy) is 1. The topological polar surface area (TPSA) is 41.6 Å². The molecule has 4 heteroatoms. The third kappa shape index (κ3) is 5.54. The molecular weight excluding hydrogens is 288 g/mol. The van der Waals surface area contributed by atoms with Crippen molar-refractivity contribution in [2.45, 2.75) is 65.1 Å². The number of carbonyl (C=O) groups excluding carboxylic acids is 1. The van der Waals surface area contributed by atoms with Crippen LogP contribution in [0.5, 0.6) is 0 Å². The van der Waals surface area contributed by atoms with Gasteiger partial charge in [0.15, 0.2) is 0 Å². The third-order valence-corrected chi connectivity index (χ3v) is 4.17. The van der Waals surface area contributed by atoms with E-state index >= 15 is 0 Å². The van der Waals surface area contributed by atoms with E-state index in [9.17, 15) is 4.79 Å². The highest BCUT2D eigenvalue weighted by atomic mass is 16.6. The fourth-order valence-corrected chi connectivity index (χ4v) is 2.94. The van der Waals surface area contributed by atoms with Gasteiger partial charge >= 0.3 is 6.09 Å². The standard InChI is InChI=1S/C19H30N2O2/c1-14-7-6-8-16(13-14)15(2)20-17-9-11-21(12-10-17)18(22)23-19(3,4)5/h6-8,13,15,17,20H,9-12H2,1-5H3/t15-/m1/s1. The molecule has 1 aromatic carbocycles. The predicted octanol–water partition coefficient (Wildman–Crippen LogP) is 4.05. The SMILES string of the molecule is Cc1cccc([C@@H](C)NC2CCN(C(=O)OC(C)(C)C)CC2)c1. The Hall–Kier alpha value is -1.55. The molecule has 0 spiro atoms. The van der Waals surface area contributed by atoms with E-state index in [2.05, 4.69) is 43.4 Å². The highest BCUT2D eigenvalue weighted by molar-refractivity contribution is 5.68. The molecule has 128 valence electrons. The predicted molar refractivity (Wildman–Crippen MR) is 93.6 cm³/mol. The van der Waals surface area contributed by atoms with E-state index in [0.717, 1.165) is 25.9 Å². The minimum Gasteiger partial charge on any atom is -0.444 e. The van der Waals surface area contributed by atoms with E-state index in [1.165, 1.54) is 11.1 Å². The number of hydrogen-bond acceptors (Lipinski definition) is 3. The molecule has 0 aliphatic carbocycles. The summed E-state index contributed by atoms with van der Waals surface area (Å²) < 4.78 is 5.44. The summed E-state index contributed by atoms with van der Waals surface area (Å²) in [4.78, 5) is 13.9. The normalized spacial score (nSPS) is 17.9. The van der Waals surface area contributed by atoms with Crippen molar-refractivity contribution in [2.24, 2.45) is 0 Å². The maximum Gasteiger partial charge on any atom is 0.410 e. The highest BCUT2D eigenvalue weighted by Crippen LogP contribution is 2.19. The highest BCUT2D eigenvalue weighted by Gasteiger charge is 2.27. The van der Waals surface area contributed by atoms with Crippen molar-refractivity contribution in [3.63, 3.8) is 0 Å². The van der Waals surface area contributed by atoms with Gasteiger partial charge in [0.25, 0.3) is 0 Å². The average Bonchev–Trinajstić information content (AvgIpc) is 2.46. The van der Waals surface area contributed by atoms with E-state index in [1.54, 1.807) is 0 Å². The van der Waals surface area contributed by atoms with Crippen LogP contribution in [0.3, 0.4) is 0 Å². The second-order valence-electron chi connectivity index (χ2n) is 7.54. The molecule has 1 heterocycles. The zero-order valence-electron chi connectivity index (χ0n) is 15.1. The van der Waals surface area contributed by atoms with Crippen LogP contribution < -0.4 is 5.32 Å². The molecule has 1 aromatic rings. The van der Waals surface area contributed by atoms with Gasteiger partial charge in [-0.15, -0.1) is 0 Å². The lowest BCUT2D eigenvalue weighted by molar-refractivity contribution is 0.0196. The van der Waals surface area contributed by atoms with Crippen molar-refractivity contribution in [3.8, 4) is 0 Å². The van der Waals surface area contributed by atoms with Gasteiger partial charge in [0.2, 0.25) is 0 Å². The first-order chi connectivity index (χ1) is 10.7. The quantitative estimate of drug-likeness (QED) is 0.914. The van der Waals surface area contributed by atoms with E-state index in [0.29, 0.717) is 12.1 Å². The van der Waals surface area contributed by atoms with Crippen LogP contribution in [0, 0.1) is 6.92 Å². The fourth-order valence-electron chi connectivity index (χ4n) is 2.94. The molecule has 0 radical (unpaired) electrons. The zero-order chi connectivity index (χ0) is 17.0. The first-order valence-electron chi connectivity index (χ1n) is 8.55. The van der Waals surface area contributed by atoms with Gasteiger partial charge in [-0.05, 0) is 53.0 Å². The Kier molecular flexibility index (Phi) is 5.69. The molecule has 1 saturated heterocycles. The van der Waals surface area contributed by atoms with Crippen LogP contribution in [0.1, 0.15) is 57.7 Å². The van der Waals surface area contributed by atoms with Gasteiger partial charge < -0.3 is 15.0 Å². The molecule has 1 atom stereocenters. The number of carbonyl (C=O) groups is 1. The average molecular weight is 318 g/mol. The van der Waals surface area contributed by atoms with Crippen LogP contribution in [-0.2, 0) is 4.74 Å². The van der Waals surface area contributed by atoms with E-state index < -0.39 is 5.60 Å². The number of nitrogens with zero attached hydrogens (tertiary/aromatic N) is 1. The number of likely N-dealkylation sites (tertiary alicyclic amines) is 1. The van der Waals surface area contributed by atoms with E-state index in [1.807, 2.05) is 25.7 Å². The van der Waals surface area contributed by atoms with Gasteiger partial charge in [-0.3, -0.25) is 0 Å². The lowest BCUT2D eigenvalue weighted by atomic mass is 10.0. The number of benzene rings is 1. The summed E-state index contributed by atoms with van der Waals surface area (Å²) >= 11 is 0. The van der Waals surface area contributed by atoms with Crippen LogP contribution in [-0.4, -0.2) is 35.7 Å². The van der Waals surface area contributed by atoms with E-state index in [-0.39, 0.29) is 6.09 Å². The molecule has 0 aromatic heterocycles. The number of aryl methyl sites for hydroxylation is 1. The lowest BCUT2D eigenvalue weighted by Crippen LogP contribution is -2.46. The molecule has 0 unspecified atom stereocenters. The number of amides is 1. The van der Waals surface area contributed by atoms with Crippen molar-refractivity contribution >= 4 is 6.09 Å². The third-order valence-electron chi connectivity index (χ3n) is 4.17. The summed E-state index contributed by atoms with van der Waals surface area (Å²) in [7, 11) is 0. The zero-order valence-corrected chi connectivity index (χ0v) is 15.1. The molecule has 2 rings (SSSR count). The number of rotatable bonds is 3. The van der Waals surface area contributed by atoms with Crippen molar-refractivity contribution in [1.82, 2.24) is 10.2 Å². The van der Waals surface area contributed by atoms with Crippen LogP contribution >= 0.6 is 0 Å². The van der Waals surface area contributed by atoms with Gasteiger partial charge in [0, 0.05) is 25.2 Å². The summed E-state index contributed by atoms with van der Waals surface area (Å²) in [6, 6.07) is 9.40. The molecule has 1 amide bonds. The molecule has 4 nitrogen and oxygen atoms in total. The molecule has 0 saturated carbocycles. The molecule has 1 fully saturated rings. The second kappa shape index (κ2) is 7.35. The summed E-state index contributed by atoms with van der Waals surface area (Å²) in [5.41, 5.74) is 2.18. The number of piperidine rings is 1. The Bertz CT molecular complexity index is 528. The van der Waals surface area contributed by atoms with Crippen LogP contribution in [0.15, 0.2) is 24.3 Å². The van der Waals surface area contributed by atoms with E-state index in [4.69, 9.17) is 4.74 Å². The Morgan fingerprint density at radius 2 is 1.96 bits per heavy atom. The van der Waals surface area contributed by atoms with Gasteiger partial charge in [-0.25, -0.2) is 4.79 Å². The Morgan fingerprint density at radius 3 is 2.52 bits per heavy atom. The molecule has 1 aliphatic heterocycles. The summed E-state index contributed by atoms with van der Waals surface area (Å²) in [6.07, 6.45) is 1.74. The fraction of sp³-hybridized carbons (Fsp3) is 0.632. The minimum absolute atomic E-state index is 0.192. The summed E-state index contributed by atoms with van der Waals surface area (Å²) in [5, 5.41) is 3.69. The van der Waals surface area contributed by atoms with Crippen LogP contribution in [0.2, 0.25) is 0 Å². The Labute approximate surface area is 140 Å². The lowest BCUT2D eigenvalue weighted by Gasteiger charge is -2.35. The smallest absolute Gasteiger partial charge is 0.410 e. The minimum atomic E-state index is -0.425. The monoisotopic (exact) mass is 318 g/mol. The molecule has 23 heavy (non-hydrogen) atoms. The summed E-state index contributed by atoms with van der Waals surface area (Å²) in [6.45, 7) is 11.6. The molecule has 0 bridgehead atoms. The number of nitrogens with one attached hydrogen (secondary N) is 1. The van der Waals surface area contributed by atoms with Crippen LogP contribution in [0.25, 0.3) is 0 Å². The Morgan fingerprint density at radius 1 is 1.30 bits per heavy atom. The first kappa shape index (κ1) is 17.8. The molecule has 1 aliphatic rings.